The Morgan fingerprint density at radius 1 is 0.968 bits per heavy atom. The predicted octanol–water partition coefficient (Wildman–Crippen LogP) is 5.29. The van der Waals surface area contributed by atoms with E-state index in [-0.39, 0.29) is 23.1 Å². The molecule has 0 amide bonds. The molecule has 0 bridgehead atoms. The zero-order valence-corrected chi connectivity index (χ0v) is 20.6. The molecule has 0 aliphatic carbocycles. The second-order valence-electron chi connectivity index (χ2n) is 9.09. The number of halogens is 2. The fourth-order valence-electron chi connectivity index (χ4n) is 2.76. The van der Waals surface area contributed by atoms with Crippen molar-refractivity contribution in [3.63, 3.8) is 0 Å². The minimum absolute atomic E-state index is 0.0668. The second kappa shape index (κ2) is 9.32. The van der Waals surface area contributed by atoms with Gasteiger partial charge in [0.2, 0.25) is 0 Å². The molecule has 1 N–H and O–H groups in total. The largest absolute Gasteiger partial charge is 0.413 e. The van der Waals surface area contributed by atoms with Crippen LogP contribution in [0, 0.1) is 11.6 Å². The summed E-state index contributed by atoms with van der Waals surface area (Å²) in [6.45, 7) is 10.2. The van der Waals surface area contributed by atoms with Crippen LogP contribution in [0.3, 0.4) is 0 Å². The van der Waals surface area contributed by atoms with E-state index in [0.717, 1.165) is 18.4 Å². The van der Waals surface area contributed by atoms with Crippen LogP contribution < -0.4 is 0 Å². The molecule has 2 aromatic rings. The van der Waals surface area contributed by atoms with Gasteiger partial charge in [-0.2, -0.15) is 0 Å². The molecule has 0 fully saturated rings. The molecule has 2 aromatic carbocycles. The monoisotopic (exact) mass is 468 g/mol. The molecular formula is C23H30F2O4SSi. The summed E-state index contributed by atoms with van der Waals surface area (Å²) in [6.07, 6.45) is 1.12. The van der Waals surface area contributed by atoms with Crippen molar-refractivity contribution in [3.8, 4) is 0 Å². The lowest BCUT2D eigenvalue weighted by Crippen LogP contribution is -2.41. The molecule has 0 heterocycles. The number of hydrogen-bond donors (Lipinski definition) is 1. The van der Waals surface area contributed by atoms with Gasteiger partial charge in [-0.15, -0.1) is 0 Å². The van der Waals surface area contributed by atoms with Crippen molar-refractivity contribution in [2.45, 2.75) is 43.8 Å². The fraction of sp³-hybridized carbons (Fsp3) is 0.391. The summed E-state index contributed by atoms with van der Waals surface area (Å²) in [7, 11) is -5.55. The summed E-state index contributed by atoms with van der Waals surface area (Å²) in [5, 5.41) is 10.1. The van der Waals surface area contributed by atoms with Gasteiger partial charge in [-0.1, -0.05) is 39.0 Å². The predicted molar refractivity (Wildman–Crippen MR) is 123 cm³/mol. The van der Waals surface area contributed by atoms with Gasteiger partial charge in [0.05, 0.1) is 18.1 Å². The van der Waals surface area contributed by atoms with E-state index in [1.807, 2.05) is 0 Å². The Balaban J connectivity index is 2.62. The smallest absolute Gasteiger partial charge is 0.192 e. The molecule has 0 aromatic heterocycles. The van der Waals surface area contributed by atoms with Gasteiger partial charge in [0, 0.05) is 6.26 Å². The van der Waals surface area contributed by atoms with Crippen molar-refractivity contribution in [1.29, 1.82) is 0 Å². The van der Waals surface area contributed by atoms with Gasteiger partial charge in [0.25, 0.3) is 0 Å². The first kappa shape index (κ1) is 25.4. The van der Waals surface area contributed by atoms with E-state index in [2.05, 4.69) is 33.9 Å². The average Bonchev–Trinajstić information content (AvgIpc) is 2.66. The summed E-state index contributed by atoms with van der Waals surface area (Å²) in [5.74, 6) is -1.96. The number of hydrogen-bond acceptors (Lipinski definition) is 4. The van der Waals surface area contributed by atoms with Crippen LogP contribution in [0.15, 0.2) is 47.4 Å². The lowest BCUT2D eigenvalue weighted by Gasteiger charge is -2.36. The van der Waals surface area contributed by atoms with Gasteiger partial charge in [0.15, 0.2) is 29.8 Å². The Bertz CT molecular complexity index is 1070. The zero-order valence-electron chi connectivity index (χ0n) is 18.8. The third kappa shape index (κ3) is 6.09. The van der Waals surface area contributed by atoms with Crippen molar-refractivity contribution < 1.29 is 26.7 Å². The number of aliphatic hydroxyl groups is 1. The first-order valence-corrected chi connectivity index (χ1v) is 14.7. The highest BCUT2D eigenvalue weighted by Gasteiger charge is 2.37. The van der Waals surface area contributed by atoms with Crippen LogP contribution in [0.4, 0.5) is 8.78 Å². The second-order valence-corrected chi connectivity index (χ2v) is 15.9. The summed E-state index contributed by atoms with van der Waals surface area (Å²) >= 11 is 0. The van der Waals surface area contributed by atoms with Crippen molar-refractivity contribution in [3.05, 3.63) is 65.2 Å². The van der Waals surface area contributed by atoms with E-state index in [0.29, 0.717) is 22.3 Å². The molecule has 0 aliphatic rings. The van der Waals surface area contributed by atoms with E-state index in [1.54, 1.807) is 12.1 Å². The topological polar surface area (TPSA) is 63.6 Å². The molecule has 0 saturated carbocycles. The number of rotatable bonds is 7. The standard InChI is InChI=1S/C23H30F2O4SSi/c1-23(2,3)31(5,6)29-15-20(17-9-12-21(24)22(25)13-17)19(14-26)16-7-10-18(11-8-16)30(4,27)28/h7-13,26H,14-15H2,1-6H3/b20-19-. The summed E-state index contributed by atoms with van der Waals surface area (Å²) < 4.78 is 57.4. The maximum Gasteiger partial charge on any atom is 0.192 e. The molecule has 8 heteroatoms. The molecule has 170 valence electrons. The molecule has 2 rings (SSSR count). The maximum atomic E-state index is 14.0. The van der Waals surface area contributed by atoms with Gasteiger partial charge in [-0.25, -0.2) is 17.2 Å². The highest BCUT2D eigenvalue weighted by atomic mass is 32.2. The first-order valence-electron chi connectivity index (χ1n) is 9.90. The Labute approximate surface area is 184 Å². The SMILES string of the molecule is CC(C)(C)[Si](C)(C)OC/C(=C(\CO)c1ccc(S(C)(=O)=O)cc1)c1ccc(F)c(F)c1. The van der Waals surface area contributed by atoms with Gasteiger partial charge < -0.3 is 9.53 Å². The zero-order chi connectivity index (χ0) is 23.6. The minimum Gasteiger partial charge on any atom is -0.413 e. The molecule has 0 saturated heterocycles. The third-order valence-corrected chi connectivity index (χ3v) is 11.4. The van der Waals surface area contributed by atoms with Gasteiger partial charge >= 0.3 is 0 Å². The van der Waals surface area contributed by atoms with E-state index in [9.17, 15) is 22.3 Å². The van der Waals surface area contributed by atoms with Crippen LogP contribution in [0.1, 0.15) is 31.9 Å². The van der Waals surface area contributed by atoms with Crippen LogP contribution in [0.25, 0.3) is 11.1 Å². The van der Waals surface area contributed by atoms with Gasteiger partial charge in [0.1, 0.15) is 0 Å². The van der Waals surface area contributed by atoms with Crippen LogP contribution in [0.5, 0.6) is 0 Å². The van der Waals surface area contributed by atoms with E-state index < -0.39 is 29.8 Å². The summed E-state index contributed by atoms with van der Waals surface area (Å²) in [5.41, 5.74) is 1.96. The first-order chi connectivity index (χ1) is 14.2. The van der Waals surface area contributed by atoms with Gasteiger partial charge in [-0.05, 0) is 64.7 Å². The van der Waals surface area contributed by atoms with Crippen molar-refractivity contribution in [2.24, 2.45) is 0 Å². The molecule has 4 nitrogen and oxygen atoms in total. The third-order valence-electron chi connectivity index (χ3n) is 5.80. The number of sulfone groups is 1. The average molecular weight is 469 g/mol. The molecule has 0 aliphatic heterocycles. The highest BCUT2D eigenvalue weighted by molar-refractivity contribution is 7.90. The maximum absolute atomic E-state index is 14.0. The lowest BCUT2D eigenvalue weighted by atomic mass is 9.95. The van der Waals surface area contributed by atoms with Crippen molar-refractivity contribution >= 4 is 29.3 Å². The summed E-state index contributed by atoms with van der Waals surface area (Å²) in [6, 6.07) is 9.67. The molecule has 0 atom stereocenters. The lowest BCUT2D eigenvalue weighted by molar-refractivity contribution is 0.330. The number of aliphatic hydroxyl groups excluding tert-OH is 1. The molecule has 0 spiro atoms. The Kier molecular flexibility index (Phi) is 7.63. The Hall–Kier alpha value is -1.87. The quantitative estimate of drug-likeness (QED) is 0.443. The summed E-state index contributed by atoms with van der Waals surface area (Å²) in [4.78, 5) is 0.153. The highest BCUT2D eigenvalue weighted by Crippen LogP contribution is 2.38. The van der Waals surface area contributed by atoms with Crippen LogP contribution in [-0.4, -0.2) is 41.3 Å². The fourth-order valence-corrected chi connectivity index (χ4v) is 4.33. The molecular weight excluding hydrogens is 438 g/mol. The van der Waals surface area contributed by atoms with Crippen molar-refractivity contribution in [1.82, 2.24) is 0 Å². The van der Waals surface area contributed by atoms with Crippen LogP contribution in [-0.2, 0) is 14.3 Å². The Morgan fingerprint density at radius 2 is 1.52 bits per heavy atom. The normalized spacial score (nSPS) is 13.8. The van der Waals surface area contributed by atoms with Crippen molar-refractivity contribution in [2.75, 3.05) is 19.5 Å². The number of benzene rings is 2. The van der Waals surface area contributed by atoms with E-state index in [1.165, 1.54) is 18.2 Å². The molecule has 0 radical (unpaired) electrons. The van der Waals surface area contributed by atoms with E-state index >= 15 is 0 Å². The van der Waals surface area contributed by atoms with Crippen LogP contribution >= 0.6 is 0 Å². The van der Waals surface area contributed by atoms with Crippen LogP contribution in [0.2, 0.25) is 18.1 Å². The van der Waals surface area contributed by atoms with E-state index in [4.69, 9.17) is 4.43 Å². The molecule has 0 unspecified atom stereocenters. The Morgan fingerprint density at radius 3 is 1.97 bits per heavy atom. The van der Waals surface area contributed by atoms with Gasteiger partial charge in [-0.3, -0.25) is 0 Å². The molecule has 31 heavy (non-hydrogen) atoms. The minimum atomic E-state index is -3.37.